The van der Waals surface area contributed by atoms with E-state index in [1.165, 1.54) is 25.4 Å². The summed E-state index contributed by atoms with van der Waals surface area (Å²) in [5.41, 5.74) is -0.104. The maximum absolute atomic E-state index is 12.0. The average Bonchev–Trinajstić information content (AvgIpc) is 2.93. The van der Waals surface area contributed by atoms with Gasteiger partial charge in [0.05, 0.1) is 30.0 Å². The molecule has 106 valence electrons. The first kappa shape index (κ1) is 13.8. The molecule has 0 aliphatic carbocycles. The second kappa shape index (κ2) is 5.17. The summed E-state index contributed by atoms with van der Waals surface area (Å²) in [4.78, 5) is 9.99. The lowest BCUT2D eigenvalue weighted by molar-refractivity contribution is -0.384. The van der Waals surface area contributed by atoms with Crippen molar-refractivity contribution in [2.75, 3.05) is 11.8 Å². The van der Waals surface area contributed by atoms with Gasteiger partial charge in [0.15, 0.2) is 0 Å². The highest BCUT2D eigenvalue weighted by atomic mass is 32.2. The zero-order valence-corrected chi connectivity index (χ0v) is 11.0. The highest BCUT2D eigenvalue weighted by Crippen LogP contribution is 2.30. The minimum atomic E-state index is -3.83. The van der Waals surface area contributed by atoms with Crippen molar-refractivity contribution >= 4 is 21.4 Å². The van der Waals surface area contributed by atoms with Crippen LogP contribution in [0.3, 0.4) is 0 Å². The average molecular weight is 298 g/mol. The Morgan fingerprint density at radius 2 is 2.20 bits per heavy atom. The van der Waals surface area contributed by atoms with Gasteiger partial charge in [-0.15, -0.1) is 0 Å². The first-order chi connectivity index (χ1) is 9.44. The van der Waals surface area contributed by atoms with Gasteiger partial charge in [-0.1, -0.05) is 0 Å². The van der Waals surface area contributed by atoms with Gasteiger partial charge in [-0.25, -0.2) is 8.42 Å². The fourth-order valence-corrected chi connectivity index (χ4v) is 2.44. The van der Waals surface area contributed by atoms with Crippen LogP contribution in [0.4, 0.5) is 11.4 Å². The van der Waals surface area contributed by atoms with E-state index in [1.54, 1.807) is 0 Å². The molecule has 0 unspecified atom stereocenters. The number of sulfonamides is 1. The number of methoxy groups -OCH3 is 1. The molecule has 9 nitrogen and oxygen atoms in total. The van der Waals surface area contributed by atoms with Crippen molar-refractivity contribution in [3.63, 3.8) is 0 Å². The van der Waals surface area contributed by atoms with Gasteiger partial charge in [-0.05, 0) is 6.07 Å². The van der Waals surface area contributed by atoms with E-state index in [-0.39, 0.29) is 22.0 Å². The number of H-pyrrole nitrogens is 1. The molecule has 2 rings (SSSR count). The van der Waals surface area contributed by atoms with Crippen LogP contribution in [0.15, 0.2) is 35.5 Å². The van der Waals surface area contributed by atoms with Crippen molar-refractivity contribution in [2.24, 2.45) is 0 Å². The van der Waals surface area contributed by atoms with Crippen LogP contribution >= 0.6 is 0 Å². The minimum absolute atomic E-state index is 0.0475. The number of nitro benzene ring substituents is 1. The molecule has 0 saturated carbocycles. The maximum Gasteiger partial charge on any atom is 0.273 e. The van der Waals surface area contributed by atoms with Crippen LogP contribution in [-0.4, -0.2) is 30.6 Å². The van der Waals surface area contributed by atoms with Gasteiger partial charge >= 0.3 is 0 Å². The lowest BCUT2D eigenvalue weighted by Crippen LogP contribution is -2.13. The van der Waals surface area contributed by atoms with Crippen molar-refractivity contribution in [3.05, 3.63) is 40.7 Å². The fourth-order valence-electron chi connectivity index (χ4n) is 1.47. The molecule has 0 radical (unpaired) electrons. The van der Waals surface area contributed by atoms with Gasteiger partial charge in [0.25, 0.3) is 15.7 Å². The number of nitrogens with one attached hydrogen (secondary N) is 2. The monoisotopic (exact) mass is 298 g/mol. The van der Waals surface area contributed by atoms with Gasteiger partial charge in [-0.3, -0.25) is 19.9 Å². The van der Waals surface area contributed by atoms with E-state index >= 15 is 0 Å². The SMILES string of the molecule is COc1cc([N+](=O)[O-])ccc1NS(=O)(=O)c1cn[nH]c1. The topological polar surface area (TPSA) is 127 Å². The zero-order chi connectivity index (χ0) is 14.8. The summed E-state index contributed by atoms with van der Waals surface area (Å²) < 4.78 is 31.2. The molecule has 0 aliphatic heterocycles. The third kappa shape index (κ3) is 2.69. The molecule has 10 heteroatoms. The summed E-state index contributed by atoms with van der Waals surface area (Å²) in [6.07, 6.45) is 2.35. The van der Waals surface area contributed by atoms with E-state index in [1.807, 2.05) is 0 Å². The van der Waals surface area contributed by atoms with E-state index in [0.717, 1.165) is 12.3 Å². The minimum Gasteiger partial charge on any atom is -0.494 e. The smallest absolute Gasteiger partial charge is 0.273 e. The maximum atomic E-state index is 12.0. The molecule has 1 aromatic carbocycles. The number of aromatic amines is 1. The Labute approximate surface area is 113 Å². The zero-order valence-electron chi connectivity index (χ0n) is 10.2. The Hall–Kier alpha value is -2.62. The number of ether oxygens (including phenoxy) is 1. The normalized spacial score (nSPS) is 11.1. The molecule has 0 bridgehead atoms. The third-order valence-electron chi connectivity index (χ3n) is 2.42. The Bertz CT molecular complexity index is 726. The lowest BCUT2D eigenvalue weighted by Gasteiger charge is -2.10. The van der Waals surface area contributed by atoms with Crippen LogP contribution in [0.2, 0.25) is 0 Å². The molecule has 20 heavy (non-hydrogen) atoms. The van der Waals surface area contributed by atoms with Gasteiger partial charge in [0, 0.05) is 12.3 Å². The largest absolute Gasteiger partial charge is 0.494 e. The van der Waals surface area contributed by atoms with Crippen LogP contribution in [-0.2, 0) is 10.0 Å². The number of nitro groups is 1. The highest BCUT2D eigenvalue weighted by Gasteiger charge is 2.19. The number of nitrogens with zero attached hydrogens (tertiary/aromatic N) is 2. The number of hydrogen-bond acceptors (Lipinski definition) is 6. The Balaban J connectivity index is 2.37. The summed E-state index contributed by atoms with van der Waals surface area (Å²) in [6.45, 7) is 0. The molecule has 0 saturated heterocycles. The molecule has 0 amide bonds. The quantitative estimate of drug-likeness (QED) is 0.629. The summed E-state index contributed by atoms with van der Waals surface area (Å²) in [7, 11) is -2.54. The molecule has 0 fully saturated rings. The van der Waals surface area contributed by atoms with Crippen LogP contribution in [0.1, 0.15) is 0 Å². The van der Waals surface area contributed by atoms with Crippen molar-refractivity contribution in [1.29, 1.82) is 0 Å². The van der Waals surface area contributed by atoms with Gasteiger partial charge in [-0.2, -0.15) is 5.10 Å². The van der Waals surface area contributed by atoms with Crippen molar-refractivity contribution in [1.82, 2.24) is 10.2 Å². The fraction of sp³-hybridized carbons (Fsp3) is 0.100. The predicted molar refractivity (Wildman–Crippen MR) is 69.0 cm³/mol. The van der Waals surface area contributed by atoms with Crippen LogP contribution in [0.5, 0.6) is 5.75 Å². The molecular weight excluding hydrogens is 288 g/mol. The second-order valence-electron chi connectivity index (χ2n) is 3.68. The van der Waals surface area contributed by atoms with E-state index < -0.39 is 14.9 Å². The Morgan fingerprint density at radius 3 is 2.75 bits per heavy atom. The standard InChI is InChI=1S/C10H10N4O5S/c1-19-10-4-7(14(15)16)2-3-9(10)13-20(17,18)8-5-11-12-6-8/h2-6,13H,1H3,(H,11,12). The predicted octanol–water partition coefficient (Wildman–Crippen LogP) is 1.13. The Kier molecular flexibility index (Phi) is 3.57. The van der Waals surface area contributed by atoms with Crippen LogP contribution < -0.4 is 9.46 Å². The van der Waals surface area contributed by atoms with Crippen molar-refractivity contribution in [3.8, 4) is 5.75 Å². The molecule has 1 heterocycles. The molecule has 0 atom stereocenters. The van der Waals surface area contributed by atoms with Crippen molar-refractivity contribution in [2.45, 2.75) is 4.90 Å². The first-order valence-electron chi connectivity index (χ1n) is 5.28. The number of benzene rings is 1. The van der Waals surface area contributed by atoms with Crippen LogP contribution in [0.25, 0.3) is 0 Å². The molecule has 0 spiro atoms. The van der Waals surface area contributed by atoms with E-state index in [9.17, 15) is 18.5 Å². The number of anilines is 1. The highest BCUT2D eigenvalue weighted by molar-refractivity contribution is 7.92. The number of rotatable bonds is 5. The van der Waals surface area contributed by atoms with Crippen LogP contribution in [0, 0.1) is 10.1 Å². The van der Waals surface area contributed by atoms with Crippen molar-refractivity contribution < 1.29 is 18.1 Å². The Morgan fingerprint density at radius 1 is 1.45 bits per heavy atom. The summed E-state index contributed by atoms with van der Waals surface area (Å²) >= 11 is 0. The number of non-ortho nitro benzene ring substituents is 1. The lowest BCUT2D eigenvalue weighted by atomic mass is 10.2. The second-order valence-corrected chi connectivity index (χ2v) is 5.36. The molecular formula is C10H10N4O5S. The summed E-state index contributed by atoms with van der Waals surface area (Å²) in [5.74, 6) is 0.0475. The van der Waals surface area contributed by atoms with E-state index in [0.29, 0.717) is 0 Å². The molecule has 2 aromatic rings. The van der Waals surface area contributed by atoms with Gasteiger partial charge in [0.2, 0.25) is 0 Å². The molecule has 1 aromatic heterocycles. The van der Waals surface area contributed by atoms with E-state index in [4.69, 9.17) is 4.74 Å². The number of aromatic nitrogens is 2. The summed E-state index contributed by atoms with van der Waals surface area (Å²) in [5, 5.41) is 16.6. The van der Waals surface area contributed by atoms with Gasteiger partial charge in [0.1, 0.15) is 10.6 Å². The van der Waals surface area contributed by atoms with E-state index in [2.05, 4.69) is 14.9 Å². The first-order valence-corrected chi connectivity index (χ1v) is 6.76. The molecule has 2 N–H and O–H groups in total. The van der Waals surface area contributed by atoms with Gasteiger partial charge < -0.3 is 4.74 Å². The third-order valence-corrected chi connectivity index (χ3v) is 3.76. The molecule has 0 aliphatic rings. The number of hydrogen-bond donors (Lipinski definition) is 2. The summed E-state index contributed by atoms with van der Waals surface area (Å²) in [6, 6.07) is 3.57.